The van der Waals surface area contributed by atoms with Crippen molar-refractivity contribution in [1.82, 2.24) is 4.31 Å². The van der Waals surface area contributed by atoms with Crippen molar-refractivity contribution in [3.8, 4) is 0 Å². The lowest BCUT2D eigenvalue weighted by Crippen LogP contribution is -2.40. The minimum atomic E-state index is -4.29. The minimum Gasteiger partial charge on any atom is -0.326 e. The highest BCUT2D eigenvalue weighted by Crippen LogP contribution is 2.32. The molecule has 9 heteroatoms. The molecular weight excluding hydrogens is 289 g/mol. The second-order valence-electron chi connectivity index (χ2n) is 4.65. The zero-order chi connectivity index (χ0) is 15.1. The van der Waals surface area contributed by atoms with Crippen LogP contribution in [-0.2, 0) is 10.0 Å². The third-order valence-corrected chi connectivity index (χ3v) is 5.52. The van der Waals surface area contributed by atoms with Gasteiger partial charge in [0.25, 0.3) is 15.7 Å². The number of nitrogens with zero attached hydrogens (tertiary/aromatic N) is 2. The van der Waals surface area contributed by atoms with Crippen LogP contribution in [-0.4, -0.2) is 36.3 Å². The number of nitro groups is 1. The number of rotatable bonds is 3. The van der Waals surface area contributed by atoms with Crippen LogP contribution in [0.1, 0.15) is 13.3 Å². The van der Waals surface area contributed by atoms with E-state index in [1.165, 1.54) is 0 Å². The highest BCUT2D eigenvalue weighted by atomic mass is 32.2. The Morgan fingerprint density at radius 3 is 2.65 bits per heavy atom. The van der Waals surface area contributed by atoms with Crippen LogP contribution in [0.2, 0.25) is 0 Å². The second kappa shape index (κ2) is 5.08. The normalized spacial score (nSPS) is 23.9. The smallest absolute Gasteiger partial charge is 0.292 e. The van der Waals surface area contributed by atoms with E-state index in [9.17, 15) is 22.9 Å². The van der Waals surface area contributed by atoms with Gasteiger partial charge in [0, 0.05) is 24.7 Å². The average Bonchev–Trinajstić information content (AvgIpc) is 2.69. The van der Waals surface area contributed by atoms with Gasteiger partial charge >= 0.3 is 0 Å². The van der Waals surface area contributed by atoms with E-state index in [1.807, 2.05) is 0 Å². The molecule has 110 valence electrons. The van der Waals surface area contributed by atoms with E-state index in [4.69, 9.17) is 5.73 Å². The third-order valence-electron chi connectivity index (χ3n) is 3.47. The Labute approximate surface area is 115 Å². The summed E-state index contributed by atoms with van der Waals surface area (Å²) in [6, 6.07) is 2.07. The van der Waals surface area contributed by atoms with Crippen LogP contribution >= 0.6 is 0 Å². The van der Waals surface area contributed by atoms with Gasteiger partial charge in [0.15, 0.2) is 4.90 Å². The van der Waals surface area contributed by atoms with E-state index in [0.717, 1.165) is 22.5 Å². The van der Waals surface area contributed by atoms with Gasteiger partial charge in [-0.25, -0.2) is 12.8 Å². The fourth-order valence-electron chi connectivity index (χ4n) is 2.29. The molecule has 2 unspecified atom stereocenters. The summed E-state index contributed by atoms with van der Waals surface area (Å²) in [5.41, 5.74) is 4.98. The Hall–Kier alpha value is -1.58. The Kier molecular flexibility index (Phi) is 3.76. The first-order chi connectivity index (χ1) is 9.26. The van der Waals surface area contributed by atoms with Crippen LogP contribution in [0.3, 0.4) is 0 Å². The van der Waals surface area contributed by atoms with E-state index in [2.05, 4.69) is 0 Å². The summed E-state index contributed by atoms with van der Waals surface area (Å²) in [6.07, 6.45) is 0.433. The van der Waals surface area contributed by atoms with E-state index in [-0.39, 0.29) is 12.6 Å². The van der Waals surface area contributed by atoms with Crippen molar-refractivity contribution >= 4 is 15.7 Å². The molecule has 1 heterocycles. The first kappa shape index (κ1) is 14.8. The lowest BCUT2D eigenvalue weighted by molar-refractivity contribution is -0.388. The summed E-state index contributed by atoms with van der Waals surface area (Å²) in [5, 5.41) is 10.9. The first-order valence-corrected chi connectivity index (χ1v) is 7.41. The molecule has 0 saturated carbocycles. The molecule has 2 N–H and O–H groups in total. The minimum absolute atomic E-state index is 0.121. The second-order valence-corrected chi connectivity index (χ2v) is 6.48. The predicted octanol–water partition coefficient (Wildman–Crippen LogP) is 0.844. The molecule has 0 radical (unpaired) electrons. The molecule has 0 spiro atoms. The van der Waals surface area contributed by atoms with Crippen LogP contribution < -0.4 is 5.73 Å². The fraction of sp³-hybridized carbons (Fsp3) is 0.455. The fourth-order valence-corrected chi connectivity index (χ4v) is 4.18. The van der Waals surface area contributed by atoms with Gasteiger partial charge in [0.05, 0.1) is 4.92 Å². The molecule has 1 fully saturated rings. The predicted molar refractivity (Wildman–Crippen MR) is 69.0 cm³/mol. The van der Waals surface area contributed by atoms with Crippen molar-refractivity contribution in [1.29, 1.82) is 0 Å². The molecular formula is C11H14FN3O4S. The Bertz CT molecular complexity index is 649. The van der Waals surface area contributed by atoms with Crippen LogP contribution in [0, 0.1) is 15.9 Å². The maximum absolute atomic E-state index is 13.8. The van der Waals surface area contributed by atoms with Crippen LogP contribution in [0.5, 0.6) is 0 Å². The number of nitrogens with two attached hydrogens (primary N) is 1. The van der Waals surface area contributed by atoms with Gasteiger partial charge in [-0.15, -0.1) is 0 Å². The zero-order valence-electron chi connectivity index (χ0n) is 10.7. The molecule has 0 amide bonds. The molecule has 0 aliphatic carbocycles. The monoisotopic (exact) mass is 303 g/mol. The lowest BCUT2D eigenvalue weighted by atomic mass is 10.2. The van der Waals surface area contributed by atoms with Crippen molar-refractivity contribution in [2.45, 2.75) is 30.3 Å². The summed E-state index contributed by atoms with van der Waals surface area (Å²) in [4.78, 5) is 9.11. The van der Waals surface area contributed by atoms with Gasteiger partial charge in [-0.3, -0.25) is 10.1 Å². The van der Waals surface area contributed by atoms with E-state index in [1.54, 1.807) is 6.92 Å². The molecule has 1 aliphatic rings. The van der Waals surface area contributed by atoms with Crippen molar-refractivity contribution in [3.63, 3.8) is 0 Å². The van der Waals surface area contributed by atoms with Crippen LogP contribution in [0.15, 0.2) is 23.1 Å². The highest BCUT2D eigenvalue weighted by molar-refractivity contribution is 7.89. The van der Waals surface area contributed by atoms with Gasteiger partial charge in [0.2, 0.25) is 0 Å². The summed E-state index contributed by atoms with van der Waals surface area (Å²) in [5.74, 6) is -1.13. The van der Waals surface area contributed by atoms with Gasteiger partial charge in [-0.2, -0.15) is 4.31 Å². The van der Waals surface area contributed by atoms with E-state index >= 15 is 0 Å². The Morgan fingerprint density at radius 1 is 1.50 bits per heavy atom. The molecule has 1 aromatic carbocycles. The lowest BCUT2D eigenvalue weighted by Gasteiger charge is -2.22. The van der Waals surface area contributed by atoms with Gasteiger partial charge in [-0.05, 0) is 19.4 Å². The number of nitro benzene ring substituents is 1. The largest absolute Gasteiger partial charge is 0.326 e. The zero-order valence-corrected chi connectivity index (χ0v) is 11.5. The van der Waals surface area contributed by atoms with Gasteiger partial charge in [0.1, 0.15) is 5.82 Å². The summed E-state index contributed by atoms with van der Waals surface area (Å²) >= 11 is 0. The maximum Gasteiger partial charge on any atom is 0.292 e. The van der Waals surface area contributed by atoms with Crippen LogP contribution in [0.25, 0.3) is 0 Å². The summed E-state index contributed by atoms with van der Waals surface area (Å²) in [6.45, 7) is 1.72. The standard InChI is InChI=1S/C11H14FN3O4S/c1-7-9(13)5-6-14(7)20(18,19)11-8(12)3-2-4-10(11)15(16)17/h2-4,7,9H,5-6,13H2,1H3. The molecule has 1 saturated heterocycles. The number of hydrogen-bond donors (Lipinski definition) is 1. The van der Waals surface area contributed by atoms with E-state index < -0.39 is 37.4 Å². The molecule has 2 rings (SSSR count). The number of benzene rings is 1. The third kappa shape index (κ3) is 2.28. The number of hydrogen-bond acceptors (Lipinski definition) is 5. The molecule has 2 atom stereocenters. The van der Waals surface area contributed by atoms with Crippen molar-refractivity contribution in [3.05, 3.63) is 34.1 Å². The van der Waals surface area contributed by atoms with Gasteiger partial charge < -0.3 is 5.73 Å². The summed E-state index contributed by atoms with van der Waals surface area (Å²) in [7, 11) is -4.29. The van der Waals surface area contributed by atoms with Crippen molar-refractivity contribution in [2.24, 2.45) is 5.73 Å². The molecule has 1 aliphatic heterocycles. The Morgan fingerprint density at radius 2 is 2.15 bits per heavy atom. The topological polar surface area (TPSA) is 107 Å². The quantitative estimate of drug-likeness (QED) is 0.658. The number of sulfonamides is 1. The summed E-state index contributed by atoms with van der Waals surface area (Å²) < 4.78 is 39.8. The highest BCUT2D eigenvalue weighted by Gasteiger charge is 2.41. The van der Waals surface area contributed by atoms with Crippen LogP contribution in [0.4, 0.5) is 10.1 Å². The van der Waals surface area contributed by atoms with Crippen molar-refractivity contribution in [2.75, 3.05) is 6.54 Å². The molecule has 0 aromatic heterocycles. The average molecular weight is 303 g/mol. The molecule has 7 nitrogen and oxygen atoms in total. The Balaban J connectivity index is 2.59. The SMILES string of the molecule is CC1C(N)CCN1S(=O)(=O)c1c(F)cccc1[N+](=O)[O-]. The molecule has 0 bridgehead atoms. The first-order valence-electron chi connectivity index (χ1n) is 5.97. The molecule has 1 aromatic rings. The molecule has 20 heavy (non-hydrogen) atoms. The van der Waals surface area contributed by atoms with E-state index in [0.29, 0.717) is 6.42 Å². The van der Waals surface area contributed by atoms with Gasteiger partial charge in [-0.1, -0.05) is 6.07 Å². The van der Waals surface area contributed by atoms with Crippen molar-refractivity contribution < 1.29 is 17.7 Å². The maximum atomic E-state index is 13.8. The number of halogens is 1.